The van der Waals surface area contributed by atoms with Gasteiger partial charge in [-0.25, -0.2) is 0 Å². The number of hydrogen-bond donors (Lipinski definition) is 1. The molecule has 2 atom stereocenters. The Morgan fingerprint density at radius 3 is 3.00 bits per heavy atom. The second kappa shape index (κ2) is 4.18. The van der Waals surface area contributed by atoms with E-state index in [0.29, 0.717) is 6.61 Å². The molecule has 0 bridgehead atoms. The van der Waals surface area contributed by atoms with E-state index in [1.807, 2.05) is 6.92 Å². The quantitative estimate of drug-likeness (QED) is 0.625. The zero-order valence-electron chi connectivity index (χ0n) is 5.95. The topological polar surface area (TPSA) is 38.7 Å². The molecule has 0 aliphatic carbocycles. The van der Waals surface area contributed by atoms with Gasteiger partial charge in [0.05, 0.1) is 12.5 Å². The third kappa shape index (κ3) is 2.12. The first-order valence-corrected chi connectivity index (χ1v) is 4.41. The molecule has 2 unspecified atom stereocenters. The summed E-state index contributed by atoms with van der Waals surface area (Å²) in [4.78, 5) is 0. The highest BCUT2D eigenvalue weighted by molar-refractivity contribution is 7.99. The highest BCUT2D eigenvalue weighted by atomic mass is 32.2. The minimum Gasteiger partial charge on any atom is -0.386 e. The fourth-order valence-corrected chi connectivity index (χ4v) is 1.36. The molecule has 1 fully saturated rings. The summed E-state index contributed by atoms with van der Waals surface area (Å²) < 4.78 is 10.5. The lowest BCUT2D eigenvalue weighted by Crippen LogP contribution is -2.08. The van der Waals surface area contributed by atoms with Gasteiger partial charge in [0.2, 0.25) is 0 Å². The molecule has 0 aromatic carbocycles. The maximum absolute atomic E-state index is 8.51. The van der Waals surface area contributed by atoms with Crippen molar-refractivity contribution < 1.29 is 14.6 Å². The molecule has 1 saturated heterocycles. The Morgan fingerprint density at radius 2 is 2.50 bits per heavy atom. The average Bonchev–Trinajstić information content (AvgIpc) is 2.37. The largest absolute Gasteiger partial charge is 0.386 e. The Hall–Kier alpha value is 0.230. The van der Waals surface area contributed by atoms with E-state index in [0.717, 1.165) is 6.42 Å². The van der Waals surface area contributed by atoms with Crippen molar-refractivity contribution in [2.24, 2.45) is 0 Å². The minimum absolute atomic E-state index is 0.0370. The molecule has 1 heterocycles. The van der Waals surface area contributed by atoms with E-state index in [1.54, 1.807) is 0 Å². The van der Waals surface area contributed by atoms with Crippen LogP contribution in [-0.4, -0.2) is 29.4 Å². The second-order valence-corrected chi connectivity index (χ2v) is 3.15. The van der Waals surface area contributed by atoms with Crippen molar-refractivity contribution in [2.75, 3.05) is 12.5 Å². The van der Waals surface area contributed by atoms with E-state index in [2.05, 4.69) is 0 Å². The summed E-state index contributed by atoms with van der Waals surface area (Å²) in [5.74, 6) is 0.102. The minimum atomic E-state index is -0.0518. The Kier molecular flexibility index (Phi) is 3.48. The van der Waals surface area contributed by atoms with Crippen molar-refractivity contribution in [2.45, 2.75) is 25.1 Å². The number of thioether (sulfide) groups is 1. The van der Waals surface area contributed by atoms with Crippen LogP contribution in [0.15, 0.2) is 0 Å². The molecule has 4 heteroatoms. The molecule has 0 radical (unpaired) electrons. The number of ether oxygens (including phenoxy) is 2. The van der Waals surface area contributed by atoms with E-state index in [4.69, 9.17) is 14.6 Å². The van der Waals surface area contributed by atoms with Gasteiger partial charge < -0.3 is 14.6 Å². The van der Waals surface area contributed by atoms with Gasteiger partial charge in [0.1, 0.15) is 5.44 Å². The van der Waals surface area contributed by atoms with Gasteiger partial charge in [0.25, 0.3) is 0 Å². The molecular formula is C6H12O3S. The molecule has 10 heavy (non-hydrogen) atoms. The average molecular weight is 164 g/mol. The predicted molar refractivity (Wildman–Crippen MR) is 39.6 cm³/mol. The zero-order valence-corrected chi connectivity index (χ0v) is 6.76. The Balaban J connectivity index is 2.15. The van der Waals surface area contributed by atoms with Gasteiger partial charge in [-0.05, 0) is 6.42 Å². The Bertz CT molecular complexity index is 99.0. The first-order chi connectivity index (χ1) is 4.86. The van der Waals surface area contributed by atoms with Crippen LogP contribution in [0.2, 0.25) is 0 Å². The summed E-state index contributed by atoms with van der Waals surface area (Å²) in [5.41, 5.74) is 0.0370. The summed E-state index contributed by atoms with van der Waals surface area (Å²) in [6, 6.07) is 0. The van der Waals surface area contributed by atoms with Crippen LogP contribution in [-0.2, 0) is 9.47 Å². The van der Waals surface area contributed by atoms with E-state index in [-0.39, 0.29) is 17.7 Å². The molecule has 0 aromatic rings. The van der Waals surface area contributed by atoms with E-state index in [1.165, 1.54) is 11.8 Å². The van der Waals surface area contributed by atoms with Gasteiger partial charge in [-0.15, -0.1) is 11.8 Å². The first-order valence-electron chi connectivity index (χ1n) is 3.36. The molecule has 0 amide bonds. The van der Waals surface area contributed by atoms with Gasteiger partial charge in [0, 0.05) is 0 Å². The molecule has 1 aliphatic heterocycles. The highest BCUT2D eigenvalue weighted by Crippen LogP contribution is 2.22. The summed E-state index contributed by atoms with van der Waals surface area (Å²) in [6.07, 6.45) is 0.826. The molecule has 1 N–H and O–H groups in total. The maximum atomic E-state index is 8.51. The van der Waals surface area contributed by atoms with Gasteiger partial charge >= 0.3 is 0 Å². The molecule has 60 valence electrons. The monoisotopic (exact) mass is 164 g/mol. The standard InChI is InChI=1S/C6H12O3S/c1-2-5-8-3-6(9-5)10-4-7/h5-7H,2-4H2,1H3. The Morgan fingerprint density at radius 1 is 1.70 bits per heavy atom. The van der Waals surface area contributed by atoms with Gasteiger partial charge in [-0.2, -0.15) is 0 Å². The van der Waals surface area contributed by atoms with Crippen molar-refractivity contribution in [3.05, 3.63) is 0 Å². The third-order valence-electron chi connectivity index (χ3n) is 1.32. The summed E-state index contributed by atoms with van der Waals surface area (Å²) in [7, 11) is 0. The van der Waals surface area contributed by atoms with Crippen LogP contribution >= 0.6 is 11.8 Å². The molecule has 0 aromatic heterocycles. The van der Waals surface area contributed by atoms with Crippen LogP contribution in [0.1, 0.15) is 13.3 Å². The lowest BCUT2D eigenvalue weighted by atomic mass is 10.5. The number of rotatable bonds is 3. The van der Waals surface area contributed by atoms with Crippen LogP contribution in [0.25, 0.3) is 0 Å². The SMILES string of the molecule is CCC1OCC(SCO)O1. The number of hydrogen-bond acceptors (Lipinski definition) is 4. The summed E-state index contributed by atoms with van der Waals surface area (Å²) in [5, 5.41) is 8.51. The normalized spacial score (nSPS) is 33.0. The molecule has 3 nitrogen and oxygen atoms in total. The third-order valence-corrected chi connectivity index (χ3v) is 2.08. The van der Waals surface area contributed by atoms with Gasteiger partial charge in [0.15, 0.2) is 6.29 Å². The van der Waals surface area contributed by atoms with Gasteiger partial charge in [-0.1, -0.05) is 6.92 Å². The second-order valence-electron chi connectivity index (χ2n) is 2.03. The molecule has 0 saturated carbocycles. The molecule has 1 aliphatic rings. The van der Waals surface area contributed by atoms with E-state index < -0.39 is 0 Å². The van der Waals surface area contributed by atoms with E-state index >= 15 is 0 Å². The Labute approximate surface area is 64.7 Å². The van der Waals surface area contributed by atoms with E-state index in [9.17, 15) is 0 Å². The number of aliphatic hydroxyl groups is 1. The highest BCUT2D eigenvalue weighted by Gasteiger charge is 2.23. The van der Waals surface area contributed by atoms with Crippen molar-refractivity contribution >= 4 is 11.8 Å². The van der Waals surface area contributed by atoms with Crippen molar-refractivity contribution in [1.29, 1.82) is 0 Å². The van der Waals surface area contributed by atoms with Crippen LogP contribution in [0, 0.1) is 0 Å². The van der Waals surface area contributed by atoms with Crippen molar-refractivity contribution in [3.63, 3.8) is 0 Å². The lowest BCUT2D eigenvalue weighted by Gasteiger charge is -2.06. The maximum Gasteiger partial charge on any atom is 0.159 e. The van der Waals surface area contributed by atoms with Crippen LogP contribution in [0.5, 0.6) is 0 Å². The first kappa shape index (κ1) is 8.33. The predicted octanol–water partition coefficient (Wildman–Crippen LogP) is 0.778. The van der Waals surface area contributed by atoms with Crippen molar-refractivity contribution in [3.8, 4) is 0 Å². The molecule has 1 rings (SSSR count). The van der Waals surface area contributed by atoms with Gasteiger partial charge in [-0.3, -0.25) is 0 Å². The number of aliphatic hydroxyl groups excluding tert-OH is 1. The van der Waals surface area contributed by atoms with Crippen LogP contribution in [0.4, 0.5) is 0 Å². The van der Waals surface area contributed by atoms with Crippen molar-refractivity contribution in [1.82, 2.24) is 0 Å². The lowest BCUT2D eigenvalue weighted by molar-refractivity contribution is -0.0471. The summed E-state index contributed by atoms with van der Waals surface area (Å²) in [6.45, 7) is 2.61. The smallest absolute Gasteiger partial charge is 0.159 e. The van der Waals surface area contributed by atoms with Crippen LogP contribution in [0.3, 0.4) is 0 Å². The van der Waals surface area contributed by atoms with Crippen LogP contribution < -0.4 is 0 Å². The molecule has 0 spiro atoms. The fourth-order valence-electron chi connectivity index (χ4n) is 0.818. The zero-order chi connectivity index (χ0) is 7.40. The molecular weight excluding hydrogens is 152 g/mol. The summed E-state index contributed by atoms with van der Waals surface area (Å²) >= 11 is 1.37. The fraction of sp³-hybridized carbons (Fsp3) is 1.00.